The molecular formula is C9H18O2S. The van der Waals surface area contributed by atoms with Gasteiger partial charge in [0.1, 0.15) is 0 Å². The quantitative estimate of drug-likeness (QED) is 0.654. The Hall–Kier alpha value is 0.270. The van der Waals surface area contributed by atoms with Crippen LogP contribution in [0.2, 0.25) is 0 Å². The lowest BCUT2D eigenvalue weighted by atomic mass is 10.2. The molecule has 0 aromatic rings. The highest BCUT2D eigenvalue weighted by molar-refractivity contribution is 7.99. The molecule has 0 radical (unpaired) electrons. The van der Waals surface area contributed by atoms with Crippen LogP contribution in [-0.4, -0.2) is 34.4 Å². The van der Waals surface area contributed by atoms with Crippen LogP contribution >= 0.6 is 11.8 Å². The van der Waals surface area contributed by atoms with Crippen LogP contribution < -0.4 is 0 Å². The van der Waals surface area contributed by atoms with Gasteiger partial charge >= 0.3 is 0 Å². The molecule has 2 rings (SSSR count). The molecule has 0 aromatic carbocycles. The molecule has 2 aliphatic rings. The van der Waals surface area contributed by atoms with E-state index in [2.05, 4.69) is 0 Å². The van der Waals surface area contributed by atoms with Crippen molar-refractivity contribution in [2.24, 2.45) is 5.92 Å². The van der Waals surface area contributed by atoms with E-state index in [-0.39, 0.29) is 6.10 Å². The minimum atomic E-state index is 0.0150. The van der Waals surface area contributed by atoms with Crippen LogP contribution in [0.4, 0.5) is 0 Å². The Morgan fingerprint density at radius 2 is 1.67 bits per heavy atom. The average molecular weight is 190 g/mol. The lowest BCUT2D eigenvalue weighted by Gasteiger charge is -2.14. The van der Waals surface area contributed by atoms with Gasteiger partial charge < -0.3 is 10.2 Å². The minimum Gasteiger partial charge on any atom is -0.396 e. The van der Waals surface area contributed by atoms with Crippen LogP contribution in [0.25, 0.3) is 0 Å². The van der Waals surface area contributed by atoms with E-state index >= 15 is 0 Å². The molecule has 2 fully saturated rings. The van der Waals surface area contributed by atoms with Crippen molar-refractivity contribution in [3.05, 3.63) is 0 Å². The van der Waals surface area contributed by atoms with E-state index in [1.165, 1.54) is 12.8 Å². The van der Waals surface area contributed by atoms with Crippen LogP contribution in [-0.2, 0) is 0 Å². The van der Waals surface area contributed by atoms with Gasteiger partial charge in [-0.15, -0.1) is 0 Å². The van der Waals surface area contributed by atoms with Crippen molar-refractivity contribution in [3.8, 4) is 0 Å². The standard InChI is InChI=1S/C5H10OS.C4H8O/c6-5-1-3-7-4-2-5;5-3-4-1-2-4/h5-6H,1-4H2;4-5H,1-3H2. The van der Waals surface area contributed by atoms with Gasteiger partial charge in [-0.05, 0) is 43.1 Å². The fourth-order valence-electron chi connectivity index (χ4n) is 0.986. The van der Waals surface area contributed by atoms with E-state index in [0.717, 1.165) is 24.3 Å². The van der Waals surface area contributed by atoms with E-state index in [4.69, 9.17) is 10.2 Å². The van der Waals surface area contributed by atoms with Gasteiger partial charge in [-0.1, -0.05) is 0 Å². The second-order valence-electron chi connectivity index (χ2n) is 3.47. The second-order valence-corrected chi connectivity index (χ2v) is 4.69. The molecule has 1 aliphatic heterocycles. The number of aliphatic hydroxyl groups is 2. The predicted octanol–water partition coefficient (Wildman–Crippen LogP) is 1.26. The lowest BCUT2D eigenvalue weighted by molar-refractivity contribution is 0.166. The summed E-state index contributed by atoms with van der Waals surface area (Å²) in [7, 11) is 0. The number of hydrogen-bond donors (Lipinski definition) is 2. The fraction of sp³-hybridized carbons (Fsp3) is 1.00. The van der Waals surface area contributed by atoms with E-state index in [9.17, 15) is 0 Å². The van der Waals surface area contributed by atoms with Gasteiger partial charge in [0.05, 0.1) is 6.10 Å². The van der Waals surface area contributed by atoms with Gasteiger partial charge in [-0.3, -0.25) is 0 Å². The molecule has 0 amide bonds. The summed E-state index contributed by atoms with van der Waals surface area (Å²) >= 11 is 1.94. The monoisotopic (exact) mass is 190 g/mol. The summed E-state index contributed by atoms with van der Waals surface area (Å²) < 4.78 is 0. The molecule has 12 heavy (non-hydrogen) atoms. The predicted molar refractivity (Wildman–Crippen MR) is 52.4 cm³/mol. The summed E-state index contributed by atoms with van der Waals surface area (Å²) in [5.74, 6) is 3.00. The lowest BCUT2D eigenvalue weighted by Crippen LogP contribution is -2.13. The van der Waals surface area contributed by atoms with Crippen LogP contribution in [0, 0.1) is 5.92 Å². The molecule has 1 saturated heterocycles. The highest BCUT2D eigenvalue weighted by Gasteiger charge is 2.18. The first-order chi connectivity index (χ1) is 5.83. The molecule has 0 aromatic heterocycles. The summed E-state index contributed by atoms with van der Waals surface area (Å²) in [6.45, 7) is 0.417. The van der Waals surface area contributed by atoms with Crippen LogP contribution in [0.5, 0.6) is 0 Å². The Morgan fingerprint density at radius 1 is 1.08 bits per heavy atom. The first-order valence-electron chi connectivity index (χ1n) is 4.69. The highest BCUT2D eigenvalue weighted by atomic mass is 32.2. The highest BCUT2D eigenvalue weighted by Crippen LogP contribution is 2.27. The molecule has 1 aliphatic carbocycles. The zero-order valence-electron chi connectivity index (χ0n) is 7.41. The van der Waals surface area contributed by atoms with E-state index in [1.807, 2.05) is 11.8 Å². The van der Waals surface area contributed by atoms with Gasteiger partial charge in [-0.2, -0.15) is 11.8 Å². The van der Waals surface area contributed by atoms with Gasteiger partial charge in [0.2, 0.25) is 0 Å². The minimum absolute atomic E-state index is 0.0150. The van der Waals surface area contributed by atoms with E-state index in [0.29, 0.717) is 12.5 Å². The summed E-state index contributed by atoms with van der Waals surface area (Å²) in [4.78, 5) is 0. The third kappa shape index (κ3) is 5.01. The van der Waals surface area contributed by atoms with Crippen molar-refractivity contribution in [3.63, 3.8) is 0 Å². The maximum Gasteiger partial charge on any atom is 0.0556 e. The molecule has 2 nitrogen and oxygen atoms in total. The molecule has 3 heteroatoms. The Bertz CT molecular complexity index is 109. The smallest absolute Gasteiger partial charge is 0.0556 e. The molecule has 1 saturated carbocycles. The SMILES string of the molecule is OC1CCSCC1.OCC1CC1. The average Bonchev–Trinajstić information content (AvgIpc) is 2.89. The van der Waals surface area contributed by atoms with Gasteiger partial charge in [0.25, 0.3) is 0 Å². The van der Waals surface area contributed by atoms with Crippen molar-refractivity contribution >= 4 is 11.8 Å². The van der Waals surface area contributed by atoms with Crippen molar-refractivity contribution < 1.29 is 10.2 Å². The molecule has 1 heterocycles. The summed E-state index contributed by atoms with van der Waals surface area (Å²) in [5.41, 5.74) is 0. The second kappa shape index (κ2) is 5.84. The van der Waals surface area contributed by atoms with Crippen LogP contribution in [0.15, 0.2) is 0 Å². The first kappa shape index (κ1) is 10.4. The summed E-state index contributed by atoms with van der Waals surface area (Å²) in [6, 6.07) is 0. The molecule has 72 valence electrons. The van der Waals surface area contributed by atoms with Gasteiger partial charge in [-0.25, -0.2) is 0 Å². The largest absolute Gasteiger partial charge is 0.396 e. The number of aliphatic hydroxyl groups excluding tert-OH is 2. The third-order valence-corrected chi connectivity index (χ3v) is 3.19. The normalized spacial score (nSPS) is 24.5. The Morgan fingerprint density at radius 3 is 1.83 bits per heavy atom. The zero-order chi connectivity index (χ0) is 8.81. The van der Waals surface area contributed by atoms with Crippen LogP contribution in [0.3, 0.4) is 0 Å². The van der Waals surface area contributed by atoms with Gasteiger partial charge in [0, 0.05) is 6.61 Å². The topological polar surface area (TPSA) is 40.5 Å². The first-order valence-corrected chi connectivity index (χ1v) is 5.85. The van der Waals surface area contributed by atoms with E-state index < -0.39 is 0 Å². The fourth-order valence-corrected chi connectivity index (χ4v) is 2.07. The molecular weight excluding hydrogens is 172 g/mol. The van der Waals surface area contributed by atoms with E-state index in [1.54, 1.807) is 0 Å². The Balaban J connectivity index is 0.000000127. The number of rotatable bonds is 1. The zero-order valence-corrected chi connectivity index (χ0v) is 8.22. The molecule has 2 N–H and O–H groups in total. The van der Waals surface area contributed by atoms with Crippen molar-refractivity contribution in [1.29, 1.82) is 0 Å². The Labute approximate surface area is 78.4 Å². The van der Waals surface area contributed by atoms with Crippen molar-refractivity contribution in [2.75, 3.05) is 18.1 Å². The summed E-state index contributed by atoms with van der Waals surface area (Å²) in [6.07, 6.45) is 4.55. The summed E-state index contributed by atoms with van der Waals surface area (Å²) in [5, 5.41) is 17.1. The number of thioether (sulfide) groups is 1. The Kier molecular flexibility index (Phi) is 5.04. The molecule has 0 spiro atoms. The van der Waals surface area contributed by atoms with Crippen LogP contribution in [0.1, 0.15) is 25.7 Å². The molecule has 0 bridgehead atoms. The van der Waals surface area contributed by atoms with Crippen molar-refractivity contribution in [2.45, 2.75) is 31.8 Å². The van der Waals surface area contributed by atoms with Crippen molar-refractivity contribution in [1.82, 2.24) is 0 Å². The molecule has 0 unspecified atom stereocenters. The number of hydrogen-bond acceptors (Lipinski definition) is 3. The molecule has 0 atom stereocenters. The van der Waals surface area contributed by atoms with Gasteiger partial charge in [0.15, 0.2) is 0 Å². The maximum atomic E-state index is 8.90. The maximum absolute atomic E-state index is 8.90. The third-order valence-electron chi connectivity index (χ3n) is 2.15.